The molecule has 21 heavy (non-hydrogen) atoms. The fourth-order valence-corrected chi connectivity index (χ4v) is 2.97. The van der Waals surface area contributed by atoms with E-state index in [4.69, 9.17) is 0 Å². The van der Waals surface area contributed by atoms with E-state index in [0.717, 1.165) is 44.5 Å². The Labute approximate surface area is 122 Å². The first-order valence-corrected chi connectivity index (χ1v) is 7.27. The molecule has 0 saturated carbocycles. The monoisotopic (exact) mass is 299 g/mol. The van der Waals surface area contributed by atoms with Crippen LogP contribution in [0, 0.1) is 5.41 Å². The van der Waals surface area contributed by atoms with Gasteiger partial charge in [-0.2, -0.15) is 13.2 Å². The molecule has 0 amide bonds. The minimum Gasteiger partial charge on any atom is -0.317 e. The number of carbonyl (C=O) groups excluding carboxylic acids is 1. The minimum atomic E-state index is -4.36. The summed E-state index contributed by atoms with van der Waals surface area (Å²) in [5.41, 5.74) is -0.621. The Kier molecular flexibility index (Phi) is 4.71. The van der Waals surface area contributed by atoms with Crippen LogP contribution in [0.4, 0.5) is 13.2 Å². The smallest absolute Gasteiger partial charge is 0.317 e. The molecule has 2 rings (SSSR count). The highest BCUT2D eigenvalue weighted by molar-refractivity contribution is 5.87. The van der Waals surface area contributed by atoms with E-state index >= 15 is 0 Å². The molecule has 0 aromatic heterocycles. The van der Waals surface area contributed by atoms with Crippen molar-refractivity contribution in [3.8, 4) is 0 Å². The van der Waals surface area contributed by atoms with Gasteiger partial charge in [0.25, 0.3) is 0 Å². The van der Waals surface area contributed by atoms with Gasteiger partial charge >= 0.3 is 6.18 Å². The van der Waals surface area contributed by atoms with Crippen LogP contribution in [0.25, 0.3) is 0 Å². The van der Waals surface area contributed by atoms with Crippen molar-refractivity contribution >= 4 is 5.78 Å². The second kappa shape index (κ2) is 6.18. The minimum absolute atomic E-state index is 0.0609. The lowest BCUT2D eigenvalue weighted by Gasteiger charge is -2.35. The summed E-state index contributed by atoms with van der Waals surface area (Å²) in [6.45, 7) is 3.57. The predicted molar refractivity (Wildman–Crippen MR) is 75.0 cm³/mol. The Morgan fingerprint density at radius 2 is 1.95 bits per heavy atom. The topological polar surface area (TPSA) is 29.1 Å². The lowest BCUT2D eigenvalue weighted by molar-refractivity contribution is -0.137. The van der Waals surface area contributed by atoms with Crippen molar-refractivity contribution in [1.29, 1.82) is 0 Å². The number of benzene rings is 1. The highest BCUT2D eigenvalue weighted by Gasteiger charge is 2.37. The fraction of sp³-hybridized carbons (Fsp3) is 0.562. The maximum absolute atomic E-state index is 12.7. The van der Waals surface area contributed by atoms with Crippen LogP contribution < -0.4 is 5.32 Å². The van der Waals surface area contributed by atoms with Crippen LogP contribution in [0.5, 0.6) is 0 Å². The number of hydrogen-bond acceptors (Lipinski definition) is 2. The first-order chi connectivity index (χ1) is 9.87. The van der Waals surface area contributed by atoms with E-state index in [1.807, 2.05) is 6.92 Å². The SMILES string of the molecule is CCC1(C(=O)Cc2cccc(C(F)(F)F)c2)CCNCC1. The van der Waals surface area contributed by atoms with Gasteiger partial charge in [-0.3, -0.25) is 4.79 Å². The highest BCUT2D eigenvalue weighted by atomic mass is 19.4. The number of hydrogen-bond donors (Lipinski definition) is 1. The molecule has 5 heteroatoms. The first kappa shape index (κ1) is 16.0. The summed E-state index contributed by atoms with van der Waals surface area (Å²) < 4.78 is 38.1. The van der Waals surface area contributed by atoms with Crippen LogP contribution in [0.2, 0.25) is 0 Å². The van der Waals surface area contributed by atoms with Crippen molar-refractivity contribution in [2.24, 2.45) is 5.41 Å². The van der Waals surface area contributed by atoms with Gasteiger partial charge in [-0.25, -0.2) is 0 Å². The van der Waals surface area contributed by atoms with Gasteiger partial charge in [0.1, 0.15) is 5.78 Å². The standard InChI is InChI=1S/C16H20F3NO/c1-2-15(6-8-20-9-7-15)14(21)11-12-4-3-5-13(10-12)16(17,18)19/h3-5,10,20H,2,6-9,11H2,1H3. The number of nitrogens with one attached hydrogen (secondary N) is 1. The third-order valence-corrected chi connectivity index (χ3v) is 4.45. The maximum atomic E-state index is 12.7. The van der Waals surface area contributed by atoms with Crippen LogP contribution in [-0.4, -0.2) is 18.9 Å². The molecule has 1 aliphatic rings. The Morgan fingerprint density at radius 3 is 2.52 bits per heavy atom. The van der Waals surface area contributed by atoms with Crippen LogP contribution in [0.15, 0.2) is 24.3 Å². The zero-order valence-corrected chi connectivity index (χ0v) is 12.1. The first-order valence-electron chi connectivity index (χ1n) is 7.27. The normalized spacial score (nSPS) is 18.5. The third kappa shape index (κ3) is 3.64. The molecule has 1 N–H and O–H groups in total. The van der Waals surface area contributed by atoms with Crippen molar-refractivity contribution in [3.63, 3.8) is 0 Å². The molecule has 0 spiro atoms. The molecule has 1 aromatic carbocycles. The predicted octanol–water partition coefficient (Wildman–Crippen LogP) is 3.60. The summed E-state index contributed by atoms with van der Waals surface area (Å²) in [5, 5.41) is 3.22. The number of halogens is 3. The molecule has 1 fully saturated rings. The summed E-state index contributed by atoms with van der Waals surface area (Å²) in [4.78, 5) is 12.6. The Balaban J connectivity index is 2.15. The van der Waals surface area contributed by atoms with Gasteiger partial charge in [0.2, 0.25) is 0 Å². The molecule has 1 aliphatic heterocycles. The van der Waals surface area contributed by atoms with E-state index in [9.17, 15) is 18.0 Å². The van der Waals surface area contributed by atoms with Crippen molar-refractivity contribution < 1.29 is 18.0 Å². The molecule has 0 aliphatic carbocycles. The van der Waals surface area contributed by atoms with Gasteiger partial charge in [0.05, 0.1) is 5.56 Å². The summed E-state index contributed by atoms with van der Waals surface area (Å²) in [5.74, 6) is 0.0609. The van der Waals surface area contributed by atoms with E-state index in [1.165, 1.54) is 6.07 Å². The van der Waals surface area contributed by atoms with Crippen molar-refractivity contribution in [1.82, 2.24) is 5.32 Å². The lowest BCUT2D eigenvalue weighted by Crippen LogP contribution is -2.42. The largest absolute Gasteiger partial charge is 0.416 e. The molecule has 1 aromatic rings. The van der Waals surface area contributed by atoms with E-state index in [-0.39, 0.29) is 17.6 Å². The van der Waals surface area contributed by atoms with Crippen LogP contribution in [0.3, 0.4) is 0 Å². The molecule has 116 valence electrons. The number of ketones is 1. The van der Waals surface area contributed by atoms with E-state index in [0.29, 0.717) is 5.56 Å². The number of Topliss-reactive ketones (excluding diaryl/α,β-unsaturated/α-hetero) is 1. The van der Waals surface area contributed by atoms with Gasteiger partial charge in [-0.05, 0) is 44.0 Å². The quantitative estimate of drug-likeness (QED) is 0.920. The molecule has 2 nitrogen and oxygen atoms in total. The zero-order valence-electron chi connectivity index (χ0n) is 12.1. The van der Waals surface area contributed by atoms with Gasteiger partial charge < -0.3 is 5.32 Å². The van der Waals surface area contributed by atoms with Gasteiger partial charge in [-0.1, -0.05) is 25.1 Å². The van der Waals surface area contributed by atoms with Crippen LogP contribution in [0.1, 0.15) is 37.3 Å². The Hall–Kier alpha value is -1.36. The Morgan fingerprint density at radius 1 is 1.29 bits per heavy atom. The van der Waals surface area contributed by atoms with Gasteiger partial charge in [0.15, 0.2) is 0 Å². The number of carbonyl (C=O) groups is 1. The van der Waals surface area contributed by atoms with Crippen LogP contribution in [-0.2, 0) is 17.4 Å². The maximum Gasteiger partial charge on any atom is 0.416 e. The Bertz CT molecular complexity index is 504. The number of alkyl halides is 3. The second-order valence-corrected chi connectivity index (χ2v) is 5.68. The van der Waals surface area contributed by atoms with Gasteiger partial charge in [-0.15, -0.1) is 0 Å². The molecular weight excluding hydrogens is 279 g/mol. The summed E-state index contributed by atoms with van der Waals surface area (Å²) >= 11 is 0. The molecule has 0 bridgehead atoms. The molecule has 0 radical (unpaired) electrons. The van der Waals surface area contributed by atoms with Crippen molar-refractivity contribution in [2.45, 2.75) is 38.8 Å². The number of piperidine rings is 1. The number of rotatable bonds is 4. The molecule has 0 atom stereocenters. The molecule has 1 saturated heterocycles. The fourth-order valence-electron chi connectivity index (χ4n) is 2.97. The zero-order chi connectivity index (χ0) is 15.5. The highest BCUT2D eigenvalue weighted by Crippen LogP contribution is 2.35. The average molecular weight is 299 g/mol. The molecular formula is C16H20F3NO. The summed E-state index contributed by atoms with van der Waals surface area (Å²) in [6, 6.07) is 5.08. The van der Waals surface area contributed by atoms with E-state index < -0.39 is 11.7 Å². The van der Waals surface area contributed by atoms with Crippen molar-refractivity contribution in [3.05, 3.63) is 35.4 Å². The van der Waals surface area contributed by atoms with Gasteiger partial charge in [0, 0.05) is 11.8 Å². The summed E-state index contributed by atoms with van der Waals surface area (Å²) in [7, 11) is 0. The van der Waals surface area contributed by atoms with E-state index in [2.05, 4.69) is 5.32 Å². The molecule has 1 heterocycles. The van der Waals surface area contributed by atoms with E-state index in [1.54, 1.807) is 6.07 Å². The average Bonchev–Trinajstić information content (AvgIpc) is 2.47. The lowest BCUT2D eigenvalue weighted by atomic mass is 9.71. The molecule has 0 unspecified atom stereocenters. The second-order valence-electron chi connectivity index (χ2n) is 5.68. The van der Waals surface area contributed by atoms with Crippen LogP contribution >= 0.6 is 0 Å². The van der Waals surface area contributed by atoms with Crippen molar-refractivity contribution in [2.75, 3.05) is 13.1 Å². The third-order valence-electron chi connectivity index (χ3n) is 4.45. The summed E-state index contributed by atoms with van der Waals surface area (Å²) in [6.07, 6.45) is -2.01.